The quantitative estimate of drug-likeness (QED) is 0.320. The second-order valence-corrected chi connectivity index (χ2v) is 2.86. The molecule has 0 saturated heterocycles. The van der Waals surface area contributed by atoms with E-state index in [2.05, 4.69) is 6.92 Å². The Hall–Kier alpha value is -0.120. The van der Waals surface area contributed by atoms with Crippen molar-refractivity contribution in [1.82, 2.24) is 0 Å². The summed E-state index contributed by atoms with van der Waals surface area (Å²) >= 11 is 0. The third-order valence-electron chi connectivity index (χ3n) is 1.74. The van der Waals surface area contributed by atoms with Crippen molar-refractivity contribution in [3.05, 3.63) is 5.21 Å². The monoisotopic (exact) mass is 161 g/mol. The molecule has 0 aliphatic heterocycles. The normalized spacial score (nSPS) is 13.4. The lowest BCUT2D eigenvalue weighted by Crippen LogP contribution is -3.07. The van der Waals surface area contributed by atoms with Gasteiger partial charge >= 0.3 is 0 Å². The van der Waals surface area contributed by atoms with Gasteiger partial charge in [-0.2, -0.15) is 0 Å². The molecule has 0 saturated carbocycles. The summed E-state index contributed by atoms with van der Waals surface area (Å²) in [5, 5.41) is 19.0. The zero-order chi connectivity index (χ0) is 8.53. The molecule has 2 N–H and O–H groups in total. The van der Waals surface area contributed by atoms with E-state index in [0.717, 1.165) is 12.8 Å². The molecule has 0 heterocycles. The number of unbranched alkanes of at least 4 members (excludes halogenated alkanes) is 4. The van der Waals surface area contributed by atoms with Gasteiger partial charge in [0.05, 0.1) is 6.54 Å². The number of aliphatic hydroxyl groups is 1. The largest absolute Gasteiger partial charge is 0.633 e. The van der Waals surface area contributed by atoms with Gasteiger partial charge in [0.15, 0.2) is 6.73 Å². The summed E-state index contributed by atoms with van der Waals surface area (Å²) in [5.41, 5.74) is 0. The topological polar surface area (TPSA) is 47.7 Å². The number of hydrogen-bond acceptors (Lipinski definition) is 2. The second-order valence-electron chi connectivity index (χ2n) is 2.86. The molecule has 0 aromatic heterocycles. The van der Waals surface area contributed by atoms with Gasteiger partial charge in [-0.3, -0.25) is 0 Å². The summed E-state index contributed by atoms with van der Waals surface area (Å²) in [7, 11) is 0. The average molecular weight is 161 g/mol. The van der Waals surface area contributed by atoms with Crippen LogP contribution in [0.4, 0.5) is 0 Å². The SMILES string of the molecule is CCCCCCC[NH+]([O-])CO. The van der Waals surface area contributed by atoms with Crippen molar-refractivity contribution in [3.63, 3.8) is 0 Å². The lowest BCUT2D eigenvalue weighted by atomic mass is 10.1. The Morgan fingerprint density at radius 3 is 2.36 bits per heavy atom. The number of hydroxylamine groups is 2. The Morgan fingerprint density at radius 1 is 1.18 bits per heavy atom. The molecule has 0 radical (unpaired) electrons. The fourth-order valence-electron chi connectivity index (χ4n) is 1.00. The van der Waals surface area contributed by atoms with E-state index in [9.17, 15) is 5.21 Å². The van der Waals surface area contributed by atoms with Crippen LogP contribution in [0.1, 0.15) is 39.0 Å². The van der Waals surface area contributed by atoms with E-state index >= 15 is 0 Å². The van der Waals surface area contributed by atoms with Gasteiger partial charge in [0.1, 0.15) is 0 Å². The number of nitrogens with one attached hydrogen (secondary N) is 1. The molecule has 0 fully saturated rings. The van der Waals surface area contributed by atoms with Crippen LogP contribution in [0.5, 0.6) is 0 Å². The molecule has 0 amide bonds. The van der Waals surface area contributed by atoms with Gasteiger partial charge in [0.25, 0.3) is 0 Å². The number of hydrogen-bond donors (Lipinski definition) is 2. The summed E-state index contributed by atoms with van der Waals surface area (Å²) in [6.45, 7) is 2.44. The van der Waals surface area contributed by atoms with Gasteiger partial charge in [-0.05, 0) is 12.8 Å². The van der Waals surface area contributed by atoms with Gasteiger partial charge in [-0.25, -0.2) is 0 Å². The van der Waals surface area contributed by atoms with Crippen LogP contribution >= 0.6 is 0 Å². The van der Waals surface area contributed by atoms with Gasteiger partial charge < -0.3 is 15.4 Å². The Labute approximate surface area is 68.6 Å². The standard InChI is InChI=1S/C8H19NO2/c1-2-3-4-5-6-7-9(11)8-10/h9-10H,2-8H2,1H3. The highest BCUT2D eigenvalue weighted by Crippen LogP contribution is 2.00. The molecule has 0 bridgehead atoms. The van der Waals surface area contributed by atoms with Gasteiger partial charge in [0.2, 0.25) is 0 Å². The van der Waals surface area contributed by atoms with Crippen LogP contribution in [0.15, 0.2) is 0 Å². The average Bonchev–Trinajstić information content (AvgIpc) is 2.04. The summed E-state index contributed by atoms with van der Waals surface area (Å²) in [5.74, 6) is 0. The Balaban J connectivity index is 2.89. The summed E-state index contributed by atoms with van der Waals surface area (Å²) in [6, 6.07) is 0. The molecular weight excluding hydrogens is 142 g/mol. The Kier molecular flexibility index (Phi) is 7.89. The minimum atomic E-state index is -0.284. The molecular formula is C8H19NO2. The fraction of sp³-hybridized carbons (Fsp3) is 1.00. The second kappa shape index (κ2) is 7.98. The van der Waals surface area contributed by atoms with Crippen LogP contribution in [-0.2, 0) is 0 Å². The summed E-state index contributed by atoms with van der Waals surface area (Å²) in [4.78, 5) is 0. The first kappa shape index (κ1) is 10.9. The van der Waals surface area contributed by atoms with Crippen molar-refractivity contribution >= 4 is 0 Å². The Morgan fingerprint density at radius 2 is 1.82 bits per heavy atom. The third-order valence-corrected chi connectivity index (χ3v) is 1.74. The lowest BCUT2D eigenvalue weighted by Gasteiger charge is -2.18. The smallest absolute Gasteiger partial charge is 0.178 e. The highest BCUT2D eigenvalue weighted by molar-refractivity contribution is 4.40. The number of quaternary nitrogens is 1. The van der Waals surface area contributed by atoms with Crippen molar-refractivity contribution in [2.75, 3.05) is 13.3 Å². The van der Waals surface area contributed by atoms with E-state index in [-0.39, 0.29) is 11.8 Å². The van der Waals surface area contributed by atoms with Crippen molar-refractivity contribution < 1.29 is 10.2 Å². The molecule has 3 nitrogen and oxygen atoms in total. The maximum atomic E-state index is 10.6. The van der Waals surface area contributed by atoms with E-state index in [4.69, 9.17) is 5.11 Å². The molecule has 0 aliphatic rings. The first-order chi connectivity index (χ1) is 5.31. The van der Waals surface area contributed by atoms with Crippen LogP contribution in [0, 0.1) is 5.21 Å². The van der Waals surface area contributed by atoms with Crippen molar-refractivity contribution in [3.8, 4) is 0 Å². The molecule has 0 aromatic rings. The molecule has 68 valence electrons. The van der Waals surface area contributed by atoms with Gasteiger partial charge in [-0.1, -0.05) is 26.2 Å². The summed E-state index contributed by atoms with van der Waals surface area (Å²) in [6.07, 6.45) is 5.77. The highest BCUT2D eigenvalue weighted by atomic mass is 16.5. The first-order valence-corrected chi connectivity index (χ1v) is 4.43. The van der Waals surface area contributed by atoms with E-state index in [1.807, 2.05) is 0 Å². The number of rotatable bonds is 7. The van der Waals surface area contributed by atoms with Gasteiger partial charge in [0, 0.05) is 0 Å². The molecule has 11 heavy (non-hydrogen) atoms. The van der Waals surface area contributed by atoms with E-state index < -0.39 is 0 Å². The zero-order valence-electron chi connectivity index (χ0n) is 7.31. The molecule has 1 atom stereocenters. The van der Waals surface area contributed by atoms with E-state index in [0.29, 0.717) is 6.54 Å². The summed E-state index contributed by atoms with van der Waals surface area (Å²) < 4.78 is 0. The minimum Gasteiger partial charge on any atom is -0.633 e. The maximum absolute atomic E-state index is 10.6. The van der Waals surface area contributed by atoms with Crippen LogP contribution in [-0.4, -0.2) is 18.4 Å². The lowest BCUT2D eigenvalue weighted by molar-refractivity contribution is -0.869. The van der Waals surface area contributed by atoms with Crippen LogP contribution in [0.25, 0.3) is 0 Å². The molecule has 3 heteroatoms. The minimum absolute atomic E-state index is 0.0264. The van der Waals surface area contributed by atoms with Crippen molar-refractivity contribution in [2.24, 2.45) is 0 Å². The van der Waals surface area contributed by atoms with Crippen LogP contribution < -0.4 is 5.06 Å². The van der Waals surface area contributed by atoms with Crippen LogP contribution in [0.2, 0.25) is 0 Å². The molecule has 0 aromatic carbocycles. The molecule has 1 unspecified atom stereocenters. The molecule has 0 rings (SSSR count). The molecule has 0 spiro atoms. The first-order valence-electron chi connectivity index (χ1n) is 4.43. The maximum Gasteiger partial charge on any atom is 0.178 e. The molecule has 0 aliphatic carbocycles. The predicted octanol–water partition coefficient (Wildman–Crippen LogP) is 0.289. The number of aliphatic hydroxyl groups excluding tert-OH is 1. The van der Waals surface area contributed by atoms with Crippen LogP contribution in [0.3, 0.4) is 0 Å². The van der Waals surface area contributed by atoms with E-state index in [1.54, 1.807) is 0 Å². The van der Waals surface area contributed by atoms with Crippen molar-refractivity contribution in [1.29, 1.82) is 0 Å². The third kappa shape index (κ3) is 7.78. The van der Waals surface area contributed by atoms with E-state index in [1.165, 1.54) is 19.3 Å². The van der Waals surface area contributed by atoms with Crippen molar-refractivity contribution in [2.45, 2.75) is 39.0 Å². The predicted molar refractivity (Wildman–Crippen MR) is 45.0 cm³/mol. The van der Waals surface area contributed by atoms with Gasteiger partial charge in [-0.15, -0.1) is 0 Å². The Bertz CT molecular complexity index is 78.5. The fourth-order valence-corrected chi connectivity index (χ4v) is 1.00. The highest BCUT2D eigenvalue weighted by Gasteiger charge is 1.93. The zero-order valence-corrected chi connectivity index (χ0v) is 7.31.